The lowest BCUT2D eigenvalue weighted by Gasteiger charge is -2.16. The fourth-order valence-corrected chi connectivity index (χ4v) is 2.67. The Labute approximate surface area is 152 Å². The van der Waals surface area contributed by atoms with Crippen molar-refractivity contribution in [3.8, 4) is 0 Å². The molecule has 3 N–H and O–H groups in total. The normalized spacial score (nSPS) is 13.7. The number of hydrogen-bond acceptors (Lipinski definition) is 4. The van der Waals surface area contributed by atoms with E-state index in [-0.39, 0.29) is 6.61 Å². The zero-order valence-electron chi connectivity index (χ0n) is 13.2. The number of nitrogens with one attached hydrogen (secondary N) is 1. The van der Waals surface area contributed by atoms with Crippen molar-refractivity contribution in [1.29, 1.82) is 0 Å². The first-order valence-electron chi connectivity index (χ1n) is 7.70. The summed E-state index contributed by atoms with van der Waals surface area (Å²) < 4.78 is 5.47. The Morgan fingerprint density at radius 1 is 0.917 bits per heavy atom. The minimum atomic E-state index is -0.727. The van der Waals surface area contributed by atoms with Gasteiger partial charge in [0.1, 0.15) is 0 Å². The number of aliphatic hydroxyl groups is 2. The number of hydrogen-bond donors (Lipinski definition) is 3. The average Bonchev–Trinajstić information content (AvgIpc) is 2.57. The molecule has 2 aromatic rings. The third-order valence-electron chi connectivity index (χ3n) is 3.51. The Morgan fingerprint density at radius 2 is 1.58 bits per heavy atom. The number of halogens is 2. The lowest BCUT2D eigenvalue weighted by Crippen LogP contribution is -2.33. The van der Waals surface area contributed by atoms with Crippen molar-refractivity contribution in [2.75, 3.05) is 19.7 Å². The highest BCUT2D eigenvalue weighted by molar-refractivity contribution is 6.31. The van der Waals surface area contributed by atoms with Crippen LogP contribution in [-0.2, 0) is 11.3 Å². The van der Waals surface area contributed by atoms with Gasteiger partial charge in [-0.3, -0.25) is 0 Å². The maximum absolute atomic E-state index is 10.1. The molecule has 6 heteroatoms. The topological polar surface area (TPSA) is 61.7 Å². The van der Waals surface area contributed by atoms with E-state index in [2.05, 4.69) is 5.32 Å². The summed E-state index contributed by atoms with van der Waals surface area (Å²) in [6.45, 7) is 1.13. The third kappa shape index (κ3) is 6.06. The molecule has 2 atom stereocenters. The van der Waals surface area contributed by atoms with Crippen LogP contribution in [0.15, 0.2) is 48.5 Å². The number of ether oxygens (including phenoxy) is 1. The Hall–Kier alpha value is -1.14. The minimum Gasteiger partial charge on any atom is -0.389 e. The summed E-state index contributed by atoms with van der Waals surface area (Å²) in [6.07, 6.45) is -1.40. The van der Waals surface area contributed by atoms with Gasteiger partial charge < -0.3 is 20.3 Å². The molecule has 4 nitrogen and oxygen atoms in total. The zero-order valence-corrected chi connectivity index (χ0v) is 14.7. The number of rotatable bonds is 9. The van der Waals surface area contributed by atoms with Crippen LogP contribution in [0.3, 0.4) is 0 Å². The number of aliphatic hydroxyl groups excluding tert-OH is 2. The lowest BCUT2D eigenvalue weighted by atomic mass is 10.1. The molecule has 0 spiro atoms. The second-order valence-electron chi connectivity index (χ2n) is 5.46. The Balaban J connectivity index is 1.65. The van der Waals surface area contributed by atoms with E-state index >= 15 is 0 Å². The van der Waals surface area contributed by atoms with Gasteiger partial charge in [0.2, 0.25) is 0 Å². The minimum absolute atomic E-state index is 0.181. The van der Waals surface area contributed by atoms with Gasteiger partial charge in [-0.2, -0.15) is 0 Å². The molecule has 0 radical (unpaired) electrons. The van der Waals surface area contributed by atoms with Gasteiger partial charge in [0.05, 0.1) is 25.4 Å². The van der Waals surface area contributed by atoms with Crippen molar-refractivity contribution < 1.29 is 14.9 Å². The highest BCUT2D eigenvalue weighted by Gasteiger charge is 2.12. The molecule has 0 aliphatic carbocycles. The van der Waals surface area contributed by atoms with Crippen LogP contribution < -0.4 is 5.32 Å². The maximum atomic E-state index is 10.1. The van der Waals surface area contributed by atoms with Crippen molar-refractivity contribution in [2.45, 2.75) is 18.8 Å². The molecule has 0 saturated heterocycles. The molecule has 0 aromatic heterocycles. The van der Waals surface area contributed by atoms with E-state index < -0.39 is 12.2 Å². The van der Waals surface area contributed by atoms with Gasteiger partial charge in [-0.25, -0.2) is 0 Å². The van der Waals surface area contributed by atoms with Gasteiger partial charge in [0.15, 0.2) is 0 Å². The molecule has 130 valence electrons. The van der Waals surface area contributed by atoms with Crippen LogP contribution in [-0.4, -0.2) is 36.0 Å². The van der Waals surface area contributed by atoms with Crippen molar-refractivity contribution in [3.63, 3.8) is 0 Å². The van der Waals surface area contributed by atoms with Gasteiger partial charge in [-0.1, -0.05) is 59.6 Å². The molecule has 0 aliphatic rings. The van der Waals surface area contributed by atoms with Crippen molar-refractivity contribution in [2.24, 2.45) is 0 Å². The first-order valence-corrected chi connectivity index (χ1v) is 8.46. The molecule has 2 aromatic carbocycles. The van der Waals surface area contributed by atoms with E-state index in [4.69, 9.17) is 27.9 Å². The summed E-state index contributed by atoms with van der Waals surface area (Å²) in [5.74, 6) is 0. The average molecular weight is 370 g/mol. The second kappa shape index (κ2) is 9.99. The van der Waals surface area contributed by atoms with E-state index in [9.17, 15) is 10.2 Å². The zero-order chi connectivity index (χ0) is 17.4. The summed E-state index contributed by atoms with van der Waals surface area (Å²) in [6, 6.07) is 14.6. The molecule has 0 bridgehead atoms. The predicted octanol–water partition coefficient (Wildman–Crippen LogP) is 3.19. The molecule has 0 aliphatic heterocycles. The maximum Gasteiger partial charge on any atom is 0.0928 e. The summed E-state index contributed by atoms with van der Waals surface area (Å²) in [7, 11) is 0. The van der Waals surface area contributed by atoms with Crippen molar-refractivity contribution in [3.05, 3.63) is 69.7 Å². The second-order valence-corrected chi connectivity index (χ2v) is 6.27. The lowest BCUT2D eigenvalue weighted by molar-refractivity contribution is 0.0274. The van der Waals surface area contributed by atoms with Crippen LogP contribution in [0.25, 0.3) is 0 Å². The predicted molar refractivity (Wildman–Crippen MR) is 96.4 cm³/mol. The van der Waals surface area contributed by atoms with Crippen LogP contribution in [0.4, 0.5) is 0 Å². The highest BCUT2D eigenvalue weighted by Crippen LogP contribution is 2.21. The molecular weight excluding hydrogens is 349 g/mol. The van der Waals surface area contributed by atoms with Gasteiger partial charge in [0.25, 0.3) is 0 Å². The Bertz CT molecular complexity index is 639. The van der Waals surface area contributed by atoms with E-state index in [1.807, 2.05) is 30.3 Å². The van der Waals surface area contributed by atoms with Crippen LogP contribution in [0.2, 0.25) is 10.0 Å². The van der Waals surface area contributed by atoms with Gasteiger partial charge in [-0.15, -0.1) is 0 Å². The van der Waals surface area contributed by atoms with Crippen molar-refractivity contribution in [1.82, 2.24) is 5.32 Å². The van der Waals surface area contributed by atoms with Gasteiger partial charge in [-0.05, 0) is 17.7 Å². The Morgan fingerprint density at radius 3 is 2.29 bits per heavy atom. The van der Waals surface area contributed by atoms with Crippen LogP contribution in [0.5, 0.6) is 0 Å². The fraction of sp³-hybridized carbons (Fsp3) is 0.333. The molecular formula is C18H21Cl2NO3. The fourth-order valence-electron chi connectivity index (χ4n) is 2.22. The molecule has 0 heterocycles. The van der Waals surface area contributed by atoms with E-state index in [0.29, 0.717) is 35.3 Å². The van der Waals surface area contributed by atoms with Gasteiger partial charge in [0, 0.05) is 28.7 Å². The molecule has 0 amide bonds. The van der Waals surface area contributed by atoms with Crippen LogP contribution in [0.1, 0.15) is 17.2 Å². The molecule has 2 unspecified atom stereocenters. The summed E-state index contributed by atoms with van der Waals surface area (Å²) in [5, 5.41) is 24.2. The quantitative estimate of drug-likeness (QED) is 0.635. The number of benzene rings is 2. The van der Waals surface area contributed by atoms with Crippen LogP contribution in [0, 0.1) is 0 Å². The van der Waals surface area contributed by atoms with Crippen molar-refractivity contribution >= 4 is 23.2 Å². The molecule has 0 fully saturated rings. The molecule has 2 rings (SSSR count). The SMILES string of the molecule is OC(CNCC(O)c1ccccc1Cl)COCc1ccccc1Cl. The summed E-state index contributed by atoms with van der Waals surface area (Å²) in [4.78, 5) is 0. The van der Waals surface area contributed by atoms with Crippen LogP contribution >= 0.6 is 23.2 Å². The van der Waals surface area contributed by atoms with E-state index in [0.717, 1.165) is 5.56 Å². The molecule has 0 saturated carbocycles. The van der Waals surface area contributed by atoms with E-state index in [1.54, 1.807) is 18.2 Å². The first kappa shape index (κ1) is 19.2. The summed E-state index contributed by atoms with van der Waals surface area (Å²) >= 11 is 12.1. The third-order valence-corrected chi connectivity index (χ3v) is 4.22. The van der Waals surface area contributed by atoms with E-state index in [1.165, 1.54) is 0 Å². The first-order chi connectivity index (χ1) is 11.6. The molecule has 24 heavy (non-hydrogen) atoms. The summed E-state index contributed by atoms with van der Waals surface area (Å²) in [5.41, 5.74) is 1.55. The smallest absolute Gasteiger partial charge is 0.0928 e. The monoisotopic (exact) mass is 369 g/mol. The standard InChI is InChI=1S/C18H21Cl2NO3/c19-16-7-3-1-5-13(16)11-24-12-14(22)9-21-10-18(23)15-6-2-4-8-17(15)20/h1-8,14,18,21-23H,9-12H2. The van der Waals surface area contributed by atoms with Gasteiger partial charge >= 0.3 is 0 Å². The Kier molecular flexibility index (Phi) is 7.99. The highest BCUT2D eigenvalue weighted by atomic mass is 35.5. The largest absolute Gasteiger partial charge is 0.389 e.